The predicted octanol–water partition coefficient (Wildman–Crippen LogP) is 4.32. The number of carbonyl (C=O) groups is 1. The maximum absolute atomic E-state index is 12.7. The van der Waals surface area contributed by atoms with Gasteiger partial charge in [0.1, 0.15) is 5.75 Å². The average Bonchev–Trinajstić information content (AvgIpc) is 3.10. The van der Waals surface area contributed by atoms with Gasteiger partial charge in [-0.15, -0.1) is 0 Å². The number of halogens is 1. The lowest BCUT2D eigenvalue weighted by Gasteiger charge is -2.09. The molecule has 0 saturated carbocycles. The number of nitrogens with one attached hydrogen (secondary N) is 1. The van der Waals surface area contributed by atoms with E-state index in [0.717, 1.165) is 17.0 Å². The fourth-order valence-electron chi connectivity index (χ4n) is 3.14. The summed E-state index contributed by atoms with van der Waals surface area (Å²) < 4.78 is 6.88. The van der Waals surface area contributed by atoms with E-state index in [1.165, 1.54) is 6.20 Å². The summed E-state index contributed by atoms with van der Waals surface area (Å²) in [7, 11) is 1.61. The van der Waals surface area contributed by atoms with E-state index in [-0.39, 0.29) is 5.91 Å². The predicted molar refractivity (Wildman–Crippen MR) is 113 cm³/mol. The van der Waals surface area contributed by atoms with E-state index in [1.807, 2.05) is 61.5 Å². The Hall–Kier alpha value is -3.38. The van der Waals surface area contributed by atoms with Gasteiger partial charge < -0.3 is 10.1 Å². The molecule has 0 aliphatic carbocycles. The first-order valence-electron chi connectivity index (χ1n) is 9.09. The Morgan fingerprint density at radius 3 is 2.55 bits per heavy atom. The minimum Gasteiger partial charge on any atom is -0.497 e. The van der Waals surface area contributed by atoms with Gasteiger partial charge in [-0.2, -0.15) is 5.10 Å². The second-order valence-corrected chi connectivity index (χ2v) is 6.93. The highest BCUT2D eigenvalue weighted by Crippen LogP contribution is 2.30. The van der Waals surface area contributed by atoms with E-state index in [1.54, 1.807) is 11.8 Å². The highest BCUT2D eigenvalue weighted by molar-refractivity contribution is 6.38. The van der Waals surface area contributed by atoms with Crippen molar-refractivity contribution in [3.8, 4) is 11.4 Å². The summed E-state index contributed by atoms with van der Waals surface area (Å²) >= 11 is 6.59. The molecule has 146 valence electrons. The highest BCUT2D eigenvalue weighted by Gasteiger charge is 2.19. The number of rotatable bonds is 5. The van der Waals surface area contributed by atoms with Crippen LogP contribution >= 0.6 is 11.6 Å². The number of para-hydroxylation sites is 1. The number of aryl methyl sites for hydroxylation is 1. The molecule has 7 heteroatoms. The Balaban J connectivity index is 1.61. The third-order valence-electron chi connectivity index (χ3n) is 4.67. The van der Waals surface area contributed by atoms with Crippen LogP contribution in [0.25, 0.3) is 16.7 Å². The molecule has 1 N–H and O–H groups in total. The van der Waals surface area contributed by atoms with E-state index in [9.17, 15) is 4.79 Å². The van der Waals surface area contributed by atoms with E-state index in [2.05, 4.69) is 15.4 Å². The number of amides is 1. The molecule has 0 aliphatic heterocycles. The van der Waals surface area contributed by atoms with Crippen molar-refractivity contribution in [1.29, 1.82) is 0 Å². The summed E-state index contributed by atoms with van der Waals surface area (Å²) in [6, 6.07) is 17.2. The number of carbonyl (C=O) groups excluding carboxylic acids is 1. The molecule has 0 aliphatic rings. The Morgan fingerprint density at radius 2 is 1.86 bits per heavy atom. The molecule has 4 rings (SSSR count). The monoisotopic (exact) mass is 406 g/mol. The summed E-state index contributed by atoms with van der Waals surface area (Å²) in [5.74, 6) is 0.482. The molecule has 0 radical (unpaired) electrons. The molecule has 0 spiro atoms. The lowest BCUT2D eigenvalue weighted by Crippen LogP contribution is -2.23. The molecule has 2 aromatic carbocycles. The number of methoxy groups -OCH3 is 1. The largest absolute Gasteiger partial charge is 0.497 e. The Bertz CT molecular complexity index is 1170. The van der Waals surface area contributed by atoms with E-state index in [4.69, 9.17) is 16.3 Å². The van der Waals surface area contributed by atoms with E-state index in [0.29, 0.717) is 33.9 Å². The summed E-state index contributed by atoms with van der Waals surface area (Å²) in [5, 5.41) is 8.46. The van der Waals surface area contributed by atoms with Gasteiger partial charge in [-0.3, -0.25) is 4.79 Å². The molecule has 2 heterocycles. The van der Waals surface area contributed by atoms with Gasteiger partial charge in [-0.05, 0) is 36.8 Å². The van der Waals surface area contributed by atoms with Gasteiger partial charge in [-0.1, -0.05) is 41.9 Å². The number of fused-ring (bicyclic) bond motifs is 1. The van der Waals surface area contributed by atoms with Crippen molar-refractivity contribution in [2.24, 2.45) is 0 Å². The fourth-order valence-corrected chi connectivity index (χ4v) is 3.49. The van der Waals surface area contributed by atoms with Crippen LogP contribution in [0.2, 0.25) is 5.02 Å². The molecule has 0 fully saturated rings. The molecule has 0 bridgehead atoms. The molecule has 4 aromatic rings. The molecule has 0 saturated heterocycles. The smallest absolute Gasteiger partial charge is 0.254 e. The van der Waals surface area contributed by atoms with Crippen molar-refractivity contribution < 1.29 is 9.53 Å². The van der Waals surface area contributed by atoms with Gasteiger partial charge in [0, 0.05) is 12.7 Å². The first-order chi connectivity index (χ1) is 14.1. The average molecular weight is 407 g/mol. The van der Waals surface area contributed by atoms with Gasteiger partial charge in [0.25, 0.3) is 5.91 Å². The van der Waals surface area contributed by atoms with Crippen LogP contribution in [0.4, 0.5) is 0 Å². The first-order valence-corrected chi connectivity index (χ1v) is 9.46. The van der Waals surface area contributed by atoms with Gasteiger partial charge >= 0.3 is 0 Å². The number of aromatic nitrogens is 3. The summed E-state index contributed by atoms with van der Waals surface area (Å²) in [6.07, 6.45) is 1.49. The Kier molecular flexibility index (Phi) is 5.18. The minimum atomic E-state index is -0.285. The third-order valence-corrected chi connectivity index (χ3v) is 5.06. The number of nitrogens with zero attached hydrogens (tertiary/aromatic N) is 3. The third kappa shape index (κ3) is 3.67. The van der Waals surface area contributed by atoms with Crippen molar-refractivity contribution in [3.63, 3.8) is 0 Å². The highest BCUT2D eigenvalue weighted by atomic mass is 35.5. The molecular weight excluding hydrogens is 388 g/mol. The van der Waals surface area contributed by atoms with Crippen LogP contribution in [0.1, 0.15) is 21.6 Å². The minimum absolute atomic E-state index is 0.285. The lowest BCUT2D eigenvalue weighted by molar-refractivity contribution is 0.0951. The standard InChI is InChI=1S/C22H19ClN4O2/c1-14-19-20(23)18(22(28)25-12-15-8-10-17(29-2)11-9-15)13-24-21(19)27(26-14)16-6-4-3-5-7-16/h3-11,13H,12H2,1-2H3,(H,25,28). The van der Waals surface area contributed by atoms with Gasteiger partial charge in [0.15, 0.2) is 5.65 Å². The molecule has 0 atom stereocenters. The van der Waals surface area contributed by atoms with E-state index < -0.39 is 0 Å². The van der Waals surface area contributed by atoms with Crippen LogP contribution < -0.4 is 10.1 Å². The molecule has 1 amide bonds. The van der Waals surface area contributed by atoms with Crippen LogP contribution in [0.15, 0.2) is 60.8 Å². The molecule has 2 aromatic heterocycles. The van der Waals surface area contributed by atoms with Crippen molar-refractivity contribution in [2.45, 2.75) is 13.5 Å². The fraction of sp³-hybridized carbons (Fsp3) is 0.136. The summed E-state index contributed by atoms with van der Waals surface area (Å²) in [6.45, 7) is 2.23. The topological polar surface area (TPSA) is 69.0 Å². The second kappa shape index (κ2) is 7.93. The van der Waals surface area contributed by atoms with Gasteiger partial charge in [0.2, 0.25) is 0 Å². The quantitative estimate of drug-likeness (QED) is 0.536. The van der Waals surface area contributed by atoms with Gasteiger partial charge in [-0.25, -0.2) is 9.67 Å². The Labute approximate surface area is 173 Å². The maximum atomic E-state index is 12.7. The zero-order valence-corrected chi connectivity index (χ0v) is 16.8. The van der Waals surface area contributed by atoms with Crippen LogP contribution in [-0.4, -0.2) is 27.8 Å². The molecular formula is C22H19ClN4O2. The summed E-state index contributed by atoms with van der Waals surface area (Å²) in [5.41, 5.74) is 3.49. The molecule has 29 heavy (non-hydrogen) atoms. The van der Waals surface area contributed by atoms with Gasteiger partial charge in [0.05, 0.1) is 34.5 Å². The number of pyridine rings is 1. The second-order valence-electron chi connectivity index (χ2n) is 6.55. The van der Waals surface area contributed by atoms with Crippen molar-refractivity contribution >= 4 is 28.5 Å². The molecule has 6 nitrogen and oxygen atoms in total. The number of ether oxygens (including phenoxy) is 1. The lowest BCUT2D eigenvalue weighted by atomic mass is 10.1. The first kappa shape index (κ1) is 19.0. The number of hydrogen-bond donors (Lipinski definition) is 1. The van der Waals surface area contributed by atoms with Crippen molar-refractivity contribution in [1.82, 2.24) is 20.1 Å². The normalized spacial score (nSPS) is 10.9. The van der Waals surface area contributed by atoms with Crippen LogP contribution in [-0.2, 0) is 6.54 Å². The number of hydrogen-bond acceptors (Lipinski definition) is 4. The summed E-state index contributed by atoms with van der Waals surface area (Å²) in [4.78, 5) is 17.2. The van der Waals surface area contributed by atoms with Crippen LogP contribution in [0.3, 0.4) is 0 Å². The van der Waals surface area contributed by atoms with Crippen LogP contribution in [0, 0.1) is 6.92 Å². The zero-order valence-electron chi connectivity index (χ0n) is 16.0. The SMILES string of the molecule is COc1ccc(CNC(=O)c2cnc3c(c(C)nn3-c3ccccc3)c2Cl)cc1. The molecule has 0 unspecified atom stereocenters. The van der Waals surface area contributed by atoms with E-state index >= 15 is 0 Å². The number of benzene rings is 2. The zero-order chi connectivity index (χ0) is 20.4. The van der Waals surface area contributed by atoms with Crippen molar-refractivity contribution in [3.05, 3.63) is 82.6 Å². The maximum Gasteiger partial charge on any atom is 0.254 e. The Morgan fingerprint density at radius 1 is 1.14 bits per heavy atom. The van der Waals surface area contributed by atoms with Crippen LogP contribution in [0.5, 0.6) is 5.75 Å². The van der Waals surface area contributed by atoms with Crippen molar-refractivity contribution in [2.75, 3.05) is 7.11 Å².